The lowest BCUT2D eigenvalue weighted by molar-refractivity contribution is -0.148. The van der Waals surface area contributed by atoms with Gasteiger partial charge in [-0.05, 0) is 66.3 Å². The monoisotopic (exact) mass is 380 g/mol. The Balaban J connectivity index is 1.46. The Labute approximate surface area is 170 Å². The number of likely N-dealkylation sites (tertiary alicyclic amines) is 1. The molecule has 2 aliphatic carbocycles. The van der Waals surface area contributed by atoms with Crippen LogP contribution in [0.2, 0.25) is 0 Å². The molecule has 5 rings (SSSR count). The third kappa shape index (κ3) is 3.01. The highest BCUT2D eigenvalue weighted by molar-refractivity contribution is 5.83. The largest absolute Gasteiger partial charge is 0.342 e. The van der Waals surface area contributed by atoms with E-state index in [4.69, 9.17) is 0 Å². The molecule has 4 aliphatic rings. The molecule has 28 heavy (non-hydrogen) atoms. The number of benzene rings is 1. The maximum absolute atomic E-state index is 13.8. The van der Waals surface area contributed by atoms with Gasteiger partial charge in [-0.2, -0.15) is 0 Å². The lowest BCUT2D eigenvalue weighted by Crippen LogP contribution is -2.54. The second-order valence-corrected chi connectivity index (χ2v) is 11.6. The maximum atomic E-state index is 13.8. The first-order chi connectivity index (χ1) is 13.3. The van der Waals surface area contributed by atoms with E-state index in [9.17, 15) is 4.79 Å². The van der Waals surface area contributed by atoms with Gasteiger partial charge in [0.05, 0.1) is 0 Å². The van der Waals surface area contributed by atoms with Gasteiger partial charge in [0.1, 0.15) is 0 Å². The van der Waals surface area contributed by atoms with Crippen LogP contribution >= 0.6 is 0 Å². The highest BCUT2D eigenvalue weighted by Crippen LogP contribution is 2.61. The fraction of sp³-hybridized carbons (Fsp3) is 0.720. The number of nitrogens with zero attached hydrogens (tertiary/aromatic N) is 1. The average Bonchev–Trinajstić information content (AvgIpc) is 3.21. The van der Waals surface area contributed by atoms with E-state index in [1.807, 2.05) is 0 Å². The van der Waals surface area contributed by atoms with Crippen molar-refractivity contribution in [2.75, 3.05) is 26.2 Å². The fourth-order valence-corrected chi connectivity index (χ4v) is 7.88. The summed E-state index contributed by atoms with van der Waals surface area (Å²) in [6.45, 7) is 11.3. The van der Waals surface area contributed by atoms with Crippen LogP contribution < -0.4 is 5.32 Å². The standard InChI is InChI=1S/C25H36N2O/c1-23(2)9-18-10-24(3,22(28)27-14-19-12-26-13-20(19)15-27)17-25(11-18,16-23)21-7-5-4-6-8-21/h4-8,18-20,26H,9-17H2,1-3H3. The number of hydrogen-bond donors (Lipinski definition) is 1. The number of hydrogen-bond acceptors (Lipinski definition) is 2. The van der Waals surface area contributed by atoms with E-state index < -0.39 is 0 Å². The van der Waals surface area contributed by atoms with E-state index in [1.165, 1.54) is 24.8 Å². The number of carbonyl (C=O) groups excluding carboxylic acids is 1. The first-order valence-electron chi connectivity index (χ1n) is 11.3. The summed E-state index contributed by atoms with van der Waals surface area (Å²) in [6, 6.07) is 11.1. The van der Waals surface area contributed by atoms with E-state index in [1.54, 1.807) is 0 Å². The van der Waals surface area contributed by atoms with Crippen LogP contribution in [-0.4, -0.2) is 37.0 Å². The van der Waals surface area contributed by atoms with Crippen molar-refractivity contribution < 1.29 is 4.79 Å². The van der Waals surface area contributed by atoms with Crippen LogP contribution in [0.5, 0.6) is 0 Å². The minimum Gasteiger partial charge on any atom is -0.342 e. The molecule has 2 heterocycles. The predicted molar refractivity (Wildman–Crippen MR) is 113 cm³/mol. The van der Waals surface area contributed by atoms with E-state index in [-0.39, 0.29) is 10.8 Å². The summed E-state index contributed by atoms with van der Waals surface area (Å²) in [5.41, 5.74) is 1.78. The van der Waals surface area contributed by atoms with Crippen LogP contribution in [0.15, 0.2) is 30.3 Å². The first-order valence-corrected chi connectivity index (χ1v) is 11.3. The molecule has 1 aromatic carbocycles. The van der Waals surface area contributed by atoms with Gasteiger partial charge < -0.3 is 10.2 Å². The highest BCUT2D eigenvalue weighted by Gasteiger charge is 2.56. The molecule has 2 aliphatic heterocycles. The van der Waals surface area contributed by atoms with Crippen molar-refractivity contribution in [3.05, 3.63) is 35.9 Å². The fourth-order valence-electron chi connectivity index (χ4n) is 7.88. The molecule has 5 atom stereocenters. The normalized spacial score (nSPS) is 41.7. The molecular formula is C25H36N2O. The molecule has 152 valence electrons. The van der Waals surface area contributed by atoms with Gasteiger partial charge in [-0.15, -0.1) is 0 Å². The van der Waals surface area contributed by atoms with Crippen LogP contribution in [0.3, 0.4) is 0 Å². The molecular weight excluding hydrogens is 344 g/mol. The minimum atomic E-state index is -0.207. The smallest absolute Gasteiger partial charge is 0.228 e. The van der Waals surface area contributed by atoms with E-state index in [0.29, 0.717) is 29.1 Å². The van der Waals surface area contributed by atoms with Gasteiger partial charge >= 0.3 is 0 Å². The predicted octanol–water partition coefficient (Wildman–Crippen LogP) is 4.23. The van der Waals surface area contributed by atoms with E-state index in [2.05, 4.69) is 61.3 Å². The summed E-state index contributed by atoms with van der Waals surface area (Å²) in [5, 5.41) is 3.50. The van der Waals surface area contributed by atoms with Crippen molar-refractivity contribution in [1.29, 1.82) is 0 Å². The van der Waals surface area contributed by atoms with Crippen molar-refractivity contribution >= 4 is 5.91 Å². The molecule has 1 aromatic rings. The van der Waals surface area contributed by atoms with Crippen LogP contribution in [0.4, 0.5) is 0 Å². The molecule has 2 saturated heterocycles. The minimum absolute atomic E-state index is 0.160. The third-order valence-electron chi connectivity index (χ3n) is 8.38. The summed E-state index contributed by atoms with van der Waals surface area (Å²) in [6.07, 6.45) is 5.83. The Bertz CT molecular complexity index is 747. The molecule has 4 fully saturated rings. The molecule has 1 amide bonds. The van der Waals surface area contributed by atoms with Gasteiger partial charge in [0.15, 0.2) is 0 Å². The second kappa shape index (κ2) is 6.32. The second-order valence-electron chi connectivity index (χ2n) is 11.6. The number of fused-ring (bicyclic) bond motifs is 3. The lowest BCUT2D eigenvalue weighted by atomic mass is 9.47. The van der Waals surface area contributed by atoms with Crippen molar-refractivity contribution in [2.24, 2.45) is 28.6 Å². The molecule has 3 nitrogen and oxygen atoms in total. The number of rotatable bonds is 2. The van der Waals surface area contributed by atoms with Gasteiger partial charge in [-0.3, -0.25) is 4.79 Å². The van der Waals surface area contributed by atoms with Crippen molar-refractivity contribution in [1.82, 2.24) is 10.2 Å². The van der Waals surface area contributed by atoms with Crippen LogP contribution in [0.25, 0.3) is 0 Å². The molecule has 2 bridgehead atoms. The third-order valence-corrected chi connectivity index (χ3v) is 8.38. The van der Waals surface area contributed by atoms with Gasteiger partial charge in [0.25, 0.3) is 0 Å². The molecule has 3 heteroatoms. The Morgan fingerprint density at radius 2 is 1.64 bits per heavy atom. The zero-order valence-corrected chi connectivity index (χ0v) is 17.8. The summed E-state index contributed by atoms with van der Waals surface area (Å²) in [4.78, 5) is 16.1. The van der Waals surface area contributed by atoms with Crippen LogP contribution in [0.1, 0.15) is 58.4 Å². The SMILES string of the molecule is CC1(C)CC2CC(C)(C(=O)N3CC4CNCC4C3)CC(c3ccccc3)(C2)C1. The number of amides is 1. The Kier molecular flexibility index (Phi) is 4.21. The number of nitrogens with one attached hydrogen (secondary N) is 1. The van der Waals surface area contributed by atoms with Gasteiger partial charge in [0.2, 0.25) is 5.91 Å². The maximum Gasteiger partial charge on any atom is 0.228 e. The Morgan fingerprint density at radius 1 is 0.964 bits per heavy atom. The molecule has 0 spiro atoms. The van der Waals surface area contributed by atoms with Crippen LogP contribution in [0, 0.1) is 28.6 Å². The quantitative estimate of drug-likeness (QED) is 0.833. The molecule has 0 radical (unpaired) electrons. The molecule has 2 saturated carbocycles. The van der Waals surface area contributed by atoms with Gasteiger partial charge in [-0.25, -0.2) is 0 Å². The Morgan fingerprint density at radius 3 is 2.32 bits per heavy atom. The van der Waals surface area contributed by atoms with E-state index >= 15 is 0 Å². The topological polar surface area (TPSA) is 32.3 Å². The summed E-state index contributed by atoms with van der Waals surface area (Å²) < 4.78 is 0. The van der Waals surface area contributed by atoms with E-state index in [0.717, 1.165) is 39.0 Å². The Hall–Kier alpha value is -1.35. The summed E-state index contributed by atoms with van der Waals surface area (Å²) in [7, 11) is 0. The average molecular weight is 381 g/mol. The molecule has 0 aromatic heterocycles. The summed E-state index contributed by atoms with van der Waals surface area (Å²) in [5.74, 6) is 2.47. The zero-order valence-electron chi connectivity index (χ0n) is 17.8. The summed E-state index contributed by atoms with van der Waals surface area (Å²) >= 11 is 0. The van der Waals surface area contributed by atoms with Gasteiger partial charge in [-0.1, -0.05) is 51.1 Å². The van der Waals surface area contributed by atoms with Gasteiger partial charge in [0, 0.05) is 31.6 Å². The highest BCUT2D eigenvalue weighted by atomic mass is 16.2. The molecule has 5 unspecified atom stereocenters. The van der Waals surface area contributed by atoms with Crippen molar-refractivity contribution in [2.45, 2.75) is 58.3 Å². The number of carbonyl (C=O) groups is 1. The first kappa shape index (κ1) is 18.7. The molecule has 1 N–H and O–H groups in total. The van der Waals surface area contributed by atoms with Crippen LogP contribution in [-0.2, 0) is 10.2 Å². The van der Waals surface area contributed by atoms with Crippen molar-refractivity contribution in [3.8, 4) is 0 Å². The van der Waals surface area contributed by atoms with Crippen molar-refractivity contribution in [3.63, 3.8) is 0 Å². The zero-order chi connectivity index (χ0) is 19.6. The lowest BCUT2D eigenvalue weighted by Gasteiger charge is -2.57.